The van der Waals surface area contributed by atoms with Crippen LogP contribution in [0.2, 0.25) is 0 Å². The number of esters is 1. The topological polar surface area (TPSA) is 90.6 Å². The Balaban J connectivity index is 2.21. The van der Waals surface area contributed by atoms with Crippen molar-refractivity contribution in [3.8, 4) is 5.75 Å². The summed E-state index contributed by atoms with van der Waals surface area (Å²) in [4.78, 5) is 22.1. The van der Waals surface area contributed by atoms with E-state index in [4.69, 9.17) is 10.5 Å². The number of carbonyl (C=O) groups excluding carboxylic acids is 2. The summed E-state index contributed by atoms with van der Waals surface area (Å²) in [5, 5.41) is 2.41. The number of hydrogen-bond donors (Lipinski definition) is 2. The smallest absolute Gasteiger partial charge is 0.325 e. The third-order valence-corrected chi connectivity index (χ3v) is 2.11. The van der Waals surface area contributed by atoms with Gasteiger partial charge >= 0.3 is 5.97 Å². The van der Waals surface area contributed by atoms with E-state index >= 15 is 0 Å². The minimum atomic E-state index is -0.486. The molecule has 0 aliphatic carbocycles. The lowest BCUT2D eigenvalue weighted by Crippen LogP contribution is -2.30. The van der Waals surface area contributed by atoms with Crippen LogP contribution in [0.3, 0.4) is 0 Å². The van der Waals surface area contributed by atoms with Gasteiger partial charge < -0.3 is 20.5 Å². The summed E-state index contributed by atoms with van der Waals surface area (Å²) in [5.74, 6) is -0.153. The van der Waals surface area contributed by atoms with Crippen LogP contribution in [0.1, 0.15) is 6.42 Å². The molecule has 6 nitrogen and oxygen atoms in total. The Bertz CT molecular complexity index is 420. The molecule has 1 aromatic carbocycles. The number of nitrogens with two attached hydrogens (primary N) is 1. The van der Waals surface area contributed by atoms with Gasteiger partial charge in [-0.2, -0.15) is 0 Å². The first-order valence-corrected chi connectivity index (χ1v) is 5.43. The Hall–Kier alpha value is -2.24. The third-order valence-electron chi connectivity index (χ3n) is 2.11. The molecule has 1 aromatic rings. The van der Waals surface area contributed by atoms with E-state index in [-0.39, 0.29) is 25.5 Å². The molecule has 1 amide bonds. The molecule has 98 valence electrons. The first-order chi connectivity index (χ1) is 8.61. The molecule has 0 saturated carbocycles. The normalized spacial score (nSPS) is 9.61. The maximum atomic E-state index is 11.3. The van der Waals surface area contributed by atoms with Gasteiger partial charge in [0, 0.05) is 11.8 Å². The van der Waals surface area contributed by atoms with Crippen LogP contribution in [0.25, 0.3) is 0 Å². The van der Waals surface area contributed by atoms with Crippen LogP contribution in [-0.4, -0.2) is 32.1 Å². The van der Waals surface area contributed by atoms with Crippen molar-refractivity contribution >= 4 is 17.6 Å². The van der Waals surface area contributed by atoms with Crippen LogP contribution in [0.4, 0.5) is 5.69 Å². The Kier molecular flexibility index (Phi) is 5.50. The van der Waals surface area contributed by atoms with Gasteiger partial charge in [0.2, 0.25) is 5.91 Å². The molecule has 6 heteroatoms. The number of carbonyl (C=O) groups is 2. The largest absolute Gasteiger partial charge is 0.493 e. The molecule has 1 rings (SSSR count). The predicted octanol–water partition coefficient (Wildman–Crippen LogP) is 0.327. The van der Waals surface area contributed by atoms with E-state index < -0.39 is 5.97 Å². The average Bonchev–Trinajstić information content (AvgIpc) is 2.36. The second-order valence-corrected chi connectivity index (χ2v) is 3.52. The van der Waals surface area contributed by atoms with Crippen LogP contribution in [0.5, 0.6) is 5.75 Å². The standard InChI is InChI=1S/C12H16N2O4/c1-17-12(16)8-14-11(15)5-6-18-10-4-2-3-9(13)7-10/h2-4,7H,5-6,8,13H2,1H3,(H,14,15). The number of benzene rings is 1. The van der Waals surface area contributed by atoms with E-state index in [1.807, 2.05) is 0 Å². The summed E-state index contributed by atoms with van der Waals surface area (Å²) in [6.45, 7) is 0.0874. The van der Waals surface area contributed by atoms with Crippen molar-refractivity contribution in [2.45, 2.75) is 6.42 Å². The van der Waals surface area contributed by atoms with Crippen molar-refractivity contribution in [3.05, 3.63) is 24.3 Å². The zero-order valence-corrected chi connectivity index (χ0v) is 10.1. The van der Waals surface area contributed by atoms with Crippen molar-refractivity contribution in [1.82, 2.24) is 5.32 Å². The highest BCUT2D eigenvalue weighted by Gasteiger charge is 2.05. The van der Waals surface area contributed by atoms with E-state index in [0.29, 0.717) is 11.4 Å². The van der Waals surface area contributed by atoms with E-state index in [1.165, 1.54) is 7.11 Å². The number of ether oxygens (including phenoxy) is 2. The molecule has 0 aliphatic rings. The summed E-state index contributed by atoms with van der Waals surface area (Å²) in [6.07, 6.45) is 0.159. The number of hydrogen-bond acceptors (Lipinski definition) is 5. The van der Waals surface area contributed by atoms with Gasteiger partial charge in [0.25, 0.3) is 0 Å². The highest BCUT2D eigenvalue weighted by Crippen LogP contribution is 2.14. The maximum Gasteiger partial charge on any atom is 0.325 e. The van der Waals surface area contributed by atoms with Crippen LogP contribution in [0, 0.1) is 0 Å². The fourth-order valence-electron chi connectivity index (χ4n) is 1.20. The fourth-order valence-corrected chi connectivity index (χ4v) is 1.20. The Morgan fingerprint density at radius 3 is 2.83 bits per heavy atom. The third kappa shape index (κ3) is 5.20. The van der Waals surface area contributed by atoms with Crippen LogP contribution in [0.15, 0.2) is 24.3 Å². The number of rotatable bonds is 6. The Morgan fingerprint density at radius 1 is 1.39 bits per heavy atom. The van der Waals surface area contributed by atoms with Crippen molar-refractivity contribution in [3.63, 3.8) is 0 Å². The van der Waals surface area contributed by atoms with Gasteiger partial charge in [0.05, 0.1) is 20.1 Å². The highest BCUT2D eigenvalue weighted by atomic mass is 16.5. The predicted molar refractivity (Wildman–Crippen MR) is 66.0 cm³/mol. The lowest BCUT2D eigenvalue weighted by molar-refractivity contribution is -0.141. The van der Waals surface area contributed by atoms with Gasteiger partial charge in [0.1, 0.15) is 12.3 Å². The Morgan fingerprint density at radius 2 is 2.17 bits per heavy atom. The Labute approximate surface area is 105 Å². The second-order valence-electron chi connectivity index (χ2n) is 3.52. The van der Waals surface area contributed by atoms with Crippen molar-refractivity contribution in [2.24, 2.45) is 0 Å². The number of nitrogen functional groups attached to an aromatic ring is 1. The SMILES string of the molecule is COC(=O)CNC(=O)CCOc1cccc(N)c1. The van der Waals surface area contributed by atoms with Crippen molar-refractivity contribution in [2.75, 3.05) is 26.0 Å². The summed E-state index contributed by atoms with van der Waals surface area (Å²) in [5.41, 5.74) is 6.18. The van der Waals surface area contributed by atoms with Crippen LogP contribution >= 0.6 is 0 Å². The molecule has 0 saturated heterocycles. The second kappa shape index (κ2) is 7.16. The van der Waals surface area contributed by atoms with Gasteiger partial charge in [0.15, 0.2) is 0 Å². The van der Waals surface area contributed by atoms with E-state index in [0.717, 1.165) is 0 Å². The zero-order valence-electron chi connectivity index (χ0n) is 10.1. The molecule has 0 bridgehead atoms. The first-order valence-electron chi connectivity index (χ1n) is 5.43. The van der Waals surface area contributed by atoms with Crippen molar-refractivity contribution < 1.29 is 19.1 Å². The lowest BCUT2D eigenvalue weighted by Gasteiger charge is -2.07. The van der Waals surface area contributed by atoms with Gasteiger partial charge in [-0.25, -0.2) is 0 Å². The monoisotopic (exact) mass is 252 g/mol. The first kappa shape index (κ1) is 13.8. The lowest BCUT2D eigenvalue weighted by atomic mass is 10.3. The number of nitrogens with one attached hydrogen (secondary N) is 1. The van der Waals surface area contributed by atoms with E-state index in [9.17, 15) is 9.59 Å². The molecule has 0 fully saturated rings. The molecular weight excluding hydrogens is 236 g/mol. The van der Waals surface area contributed by atoms with E-state index in [1.54, 1.807) is 24.3 Å². The summed E-state index contributed by atoms with van der Waals surface area (Å²) in [6, 6.07) is 6.94. The van der Waals surface area contributed by atoms with Crippen LogP contribution in [-0.2, 0) is 14.3 Å². The minimum absolute atomic E-state index is 0.131. The molecule has 0 spiro atoms. The summed E-state index contributed by atoms with van der Waals surface area (Å²) >= 11 is 0. The number of anilines is 1. The quantitative estimate of drug-likeness (QED) is 0.562. The maximum absolute atomic E-state index is 11.3. The number of methoxy groups -OCH3 is 1. The van der Waals surface area contributed by atoms with Gasteiger partial charge in [-0.05, 0) is 12.1 Å². The van der Waals surface area contributed by atoms with E-state index in [2.05, 4.69) is 10.1 Å². The minimum Gasteiger partial charge on any atom is -0.493 e. The fraction of sp³-hybridized carbons (Fsp3) is 0.333. The van der Waals surface area contributed by atoms with Crippen molar-refractivity contribution in [1.29, 1.82) is 0 Å². The summed E-state index contributed by atoms with van der Waals surface area (Å²) in [7, 11) is 1.26. The van der Waals surface area contributed by atoms with Gasteiger partial charge in [-0.1, -0.05) is 6.07 Å². The zero-order chi connectivity index (χ0) is 13.4. The highest BCUT2D eigenvalue weighted by molar-refractivity contribution is 5.81. The average molecular weight is 252 g/mol. The molecule has 18 heavy (non-hydrogen) atoms. The van der Waals surface area contributed by atoms with Gasteiger partial charge in [-0.3, -0.25) is 9.59 Å². The molecule has 0 heterocycles. The molecule has 0 atom stereocenters. The summed E-state index contributed by atoms with van der Waals surface area (Å²) < 4.78 is 9.72. The molecule has 0 aromatic heterocycles. The number of amides is 1. The van der Waals surface area contributed by atoms with Gasteiger partial charge in [-0.15, -0.1) is 0 Å². The molecule has 0 radical (unpaired) electrons. The van der Waals surface area contributed by atoms with Crippen LogP contribution < -0.4 is 15.8 Å². The molecule has 3 N–H and O–H groups in total. The molecule has 0 aliphatic heterocycles. The molecular formula is C12H16N2O4. The molecule has 0 unspecified atom stereocenters.